The highest BCUT2D eigenvalue weighted by molar-refractivity contribution is 5.92. The molecule has 2 fully saturated rings. The van der Waals surface area contributed by atoms with E-state index in [9.17, 15) is 4.79 Å². The molecular formula is C28H31N5O2. The molecule has 1 aliphatic heterocycles. The van der Waals surface area contributed by atoms with Crippen LogP contribution in [0.3, 0.4) is 0 Å². The second-order valence-corrected chi connectivity index (χ2v) is 9.73. The molecule has 1 saturated heterocycles. The monoisotopic (exact) mass is 469 g/mol. The largest absolute Gasteiger partial charge is 0.497 e. The third-order valence-electron chi connectivity index (χ3n) is 7.31. The molecule has 7 heteroatoms. The number of hydrogen-bond donors (Lipinski definition) is 2. The summed E-state index contributed by atoms with van der Waals surface area (Å²) >= 11 is 0. The number of carbonyl (C=O) groups excluding carboxylic acids is 1. The third kappa shape index (κ3) is 4.56. The number of fused-ring (bicyclic) bond motifs is 1. The molecule has 1 amide bonds. The van der Waals surface area contributed by atoms with Crippen molar-refractivity contribution in [1.82, 2.24) is 19.7 Å². The van der Waals surface area contributed by atoms with Crippen LogP contribution in [-0.2, 0) is 4.79 Å². The minimum absolute atomic E-state index is 0.0136. The number of anilines is 1. The second-order valence-electron chi connectivity index (χ2n) is 9.73. The SMILES string of the molecule is COc1ccc2[nH]cc(C3CCN(CC(=O)Nc4cc(C5CC5)nn4-c4ccccc4)CC3)c2c1. The maximum Gasteiger partial charge on any atom is 0.239 e. The minimum atomic E-state index is 0.0136. The fraction of sp³-hybridized carbons (Fsp3) is 0.357. The van der Waals surface area contributed by atoms with Crippen molar-refractivity contribution in [2.24, 2.45) is 0 Å². The molecule has 0 spiro atoms. The van der Waals surface area contributed by atoms with E-state index in [0.29, 0.717) is 18.4 Å². The molecule has 4 aromatic rings. The Kier molecular flexibility index (Phi) is 5.78. The molecule has 2 aliphatic rings. The Morgan fingerprint density at radius 1 is 1.06 bits per heavy atom. The standard InChI is InChI=1S/C28H31N5O2/c1-35-22-9-10-25-23(15-22)24(17-29-25)19-11-13-32(14-12-19)18-28(34)30-27-16-26(20-7-8-20)31-33(27)21-5-3-2-4-6-21/h2-6,9-10,15-17,19-20,29H,7-8,11-14,18H2,1H3,(H,30,34). The van der Waals surface area contributed by atoms with Crippen molar-refractivity contribution in [2.75, 3.05) is 32.1 Å². The van der Waals surface area contributed by atoms with E-state index in [0.717, 1.165) is 54.4 Å². The molecule has 2 N–H and O–H groups in total. The Bertz CT molecular complexity index is 1330. The van der Waals surface area contributed by atoms with Crippen LogP contribution in [0.15, 0.2) is 60.8 Å². The molecule has 180 valence electrons. The maximum atomic E-state index is 13.0. The van der Waals surface area contributed by atoms with Gasteiger partial charge in [-0.1, -0.05) is 18.2 Å². The molecule has 0 unspecified atom stereocenters. The number of nitrogens with zero attached hydrogens (tertiary/aromatic N) is 3. The number of methoxy groups -OCH3 is 1. The van der Waals surface area contributed by atoms with Gasteiger partial charge in [-0.2, -0.15) is 5.10 Å². The lowest BCUT2D eigenvalue weighted by Gasteiger charge is -2.31. The van der Waals surface area contributed by atoms with E-state index in [4.69, 9.17) is 9.84 Å². The van der Waals surface area contributed by atoms with Crippen molar-refractivity contribution in [1.29, 1.82) is 0 Å². The van der Waals surface area contributed by atoms with Crippen molar-refractivity contribution >= 4 is 22.6 Å². The van der Waals surface area contributed by atoms with Gasteiger partial charge in [0.25, 0.3) is 0 Å². The van der Waals surface area contributed by atoms with Crippen molar-refractivity contribution in [2.45, 2.75) is 37.5 Å². The summed E-state index contributed by atoms with van der Waals surface area (Å²) in [5, 5.41) is 9.17. The smallest absolute Gasteiger partial charge is 0.239 e. The summed E-state index contributed by atoms with van der Waals surface area (Å²) in [6.45, 7) is 2.20. The van der Waals surface area contributed by atoms with Crippen LogP contribution >= 0.6 is 0 Å². The van der Waals surface area contributed by atoms with Crippen LogP contribution in [0.2, 0.25) is 0 Å². The van der Waals surface area contributed by atoms with E-state index in [1.54, 1.807) is 7.11 Å². The van der Waals surface area contributed by atoms with Gasteiger partial charge in [-0.15, -0.1) is 0 Å². The number of nitrogens with one attached hydrogen (secondary N) is 2. The number of ether oxygens (including phenoxy) is 1. The number of likely N-dealkylation sites (tertiary alicyclic amines) is 1. The van der Waals surface area contributed by atoms with Crippen molar-refractivity contribution in [3.63, 3.8) is 0 Å². The molecular weight excluding hydrogens is 438 g/mol. The molecule has 1 saturated carbocycles. The topological polar surface area (TPSA) is 75.2 Å². The first kappa shape index (κ1) is 21.9. The number of H-pyrrole nitrogens is 1. The maximum absolute atomic E-state index is 13.0. The first-order valence-corrected chi connectivity index (χ1v) is 12.5. The van der Waals surface area contributed by atoms with E-state index in [2.05, 4.69) is 33.5 Å². The molecule has 1 aliphatic carbocycles. The highest BCUT2D eigenvalue weighted by Gasteiger charge is 2.28. The fourth-order valence-corrected chi connectivity index (χ4v) is 5.21. The van der Waals surface area contributed by atoms with Crippen LogP contribution in [0.25, 0.3) is 16.6 Å². The predicted molar refractivity (Wildman–Crippen MR) is 137 cm³/mol. The summed E-state index contributed by atoms with van der Waals surface area (Å²) in [6, 6.07) is 18.2. The number of piperidine rings is 1. The van der Waals surface area contributed by atoms with Crippen LogP contribution in [0.1, 0.15) is 48.8 Å². The van der Waals surface area contributed by atoms with Crippen molar-refractivity contribution < 1.29 is 9.53 Å². The fourth-order valence-electron chi connectivity index (χ4n) is 5.21. The lowest BCUT2D eigenvalue weighted by atomic mass is 9.89. The number of para-hydroxylation sites is 1. The van der Waals surface area contributed by atoms with Crippen LogP contribution in [0.4, 0.5) is 5.82 Å². The van der Waals surface area contributed by atoms with Crippen molar-refractivity contribution in [3.8, 4) is 11.4 Å². The molecule has 3 heterocycles. The van der Waals surface area contributed by atoms with E-state index < -0.39 is 0 Å². The Hall–Kier alpha value is -3.58. The van der Waals surface area contributed by atoms with Gasteiger partial charge in [0.1, 0.15) is 11.6 Å². The van der Waals surface area contributed by atoms with Crippen LogP contribution in [0, 0.1) is 0 Å². The number of amides is 1. The lowest BCUT2D eigenvalue weighted by molar-refractivity contribution is -0.117. The highest BCUT2D eigenvalue weighted by atomic mass is 16.5. The first-order valence-electron chi connectivity index (χ1n) is 12.5. The van der Waals surface area contributed by atoms with E-state index in [-0.39, 0.29) is 5.91 Å². The summed E-state index contributed by atoms with van der Waals surface area (Å²) in [5.74, 6) is 2.66. The van der Waals surface area contributed by atoms with Crippen molar-refractivity contribution in [3.05, 3.63) is 72.1 Å². The molecule has 0 radical (unpaired) electrons. The Labute approximate surface area is 205 Å². The van der Waals surface area contributed by atoms with E-state index in [1.165, 1.54) is 23.8 Å². The van der Waals surface area contributed by atoms with Gasteiger partial charge < -0.3 is 15.0 Å². The Morgan fingerprint density at radius 2 is 1.86 bits per heavy atom. The number of hydrogen-bond acceptors (Lipinski definition) is 4. The average Bonchev–Trinajstić information content (AvgIpc) is 3.53. The quantitative estimate of drug-likeness (QED) is 0.397. The molecule has 6 rings (SSSR count). The second kappa shape index (κ2) is 9.23. The number of rotatable bonds is 7. The molecule has 2 aromatic heterocycles. The number of aromatic nitrogens is 3. The summed E-state index contributed by atoms with van der Waals surface area (Å²) in [5.41, 5.74) is 4.52. The molecule has 7 nitrogen and oxygen atoms in total. The van der Waals surface area contributed by atoms with Gasteiger partial charge in [0.15, 0.2) is 0 Å². The predicted octanol–water partition coefficient (Wildman–Crippen LogP) is 5.06. The molecule has 0 atom stereocenters. The van der Waals surface area contributed by atoms with Gasteiger partial charge in [0, 0.05) is 29.1 Å². The number of carbonyl (C=O) groups is 1. The van der Waals surface area contributed by atoms with Gasteiger partial charge in [-0.3, -0.25) is 9.69 Å². The van der Waals surface area contributed by atoms with Crippen LogP contribution < -0.4 is 10.1 Å². The molecule has 0 bridgehead atoms. The number of aromatic amines is 1. The Balaban J connectivity index is 1.10. The Morgan fingerprint density at radius 3 is 2.60 bits per heavy atom. The van der Waals surface area contributed by atoms with Gasteiger partial charge >= 0.3 is 0 Å². The minimum Gasteiger partial charge on any atom is -0.497 e. The average molecular weight is 470 g/mol. The number of benzene rings is 2. The van der Waals surface area contributed by atoms with Gasteiger partial charge in [0.2, 0.25) is 5.91 Å². The lowest BCUT2D eigenvalue weighted by Crippen LogP contribution is -2.39. The van der Waals surface area contributed by atoms with Crippen LogP contribution in [0.5, 0.6) is 5.75 Å². The van der Waals surface area contributed by atoms with Gasteiger partial charge in [0.05, 0.1) is 25.0 Å². The first-order chi connectivity index (χ1) is 17.2. The third-order valence-corrected chi connectivity index (χ3v) is 7.31. The summed E-state index contributed by atoms with van der Waals surface area (Å²) in [6.07, 6.45) is 6.56. The normalized spacial score (nSPS) is 17.1. The zero-order valence-corrected chi connectivity index (χ0v) is 20.0. The van der Waals surface area contributed by atoms with E-state index in [1.807, 2.05) is 47.1 Å². The molecule has 2 aromatic carbocycles. The van der Waals surface area contributed by atoms with E-state index >= 15 is 0 Å². The molecule has 35 heavy (non-hydrogen) atoms. The zero-order chi connectivity index (χ0) is 23.8. The summed E-state index contributed by atoms with van der Waals surface area (Å²) in [7, 11) is 1.70. The summed E-state index contributed by atoms with van der Waals surface area (Å²) < 4.78 is 7.29. The van der Waals surface area contributed by atoms with Gasteiger partial charge in [-0.25, -0.2) is 4.68 Å². The van der Waals surface area contributed by atoms with Crippen LogP contribution in [-0.4, -0.2) is 52.3 Å². The highest BCUT2D eigenvalue weighted by Crippen LogP contribution is 2.40. The summed E-state index contributed by atoms with van der Waals surface area (Å²) in [4.78, 5) is 18.7. The van der Waals surface area contributed by atoms with Gasteiger partial charge in [-0.05, 0) is 80.6 Å². The zero-order valence-electron chi connectivity index (χ0n) is 20.0.